The summed E-state index contributed by atoms with van der Waals surface area (Å²) in [5, 5.41) is 0.364. The fourth-order valence-corrected chi connectivity index (χ4v) is 4.47. The zero-order chi connectivity index (χ0) is 25.6. The van der Waals surface area contributed by atoms with E-state index in [9.17, 15) is 22.8 Å². The highest BCUT2D eigenvalue weighted by atomic mass is 35.5. The fourth-order valence-electron chi connectivity index (χ4n) is 4.35. The number of hydrogen-bond acceptors (Lipinski definition) is 4. The summed E-state index contributed by atoms with van der Waals surface area (Å²) in [7, 11) is 1.53. The normalized spacial score (nSPS) is 19.4. The van der Waals surface area contributed by atoms with E-state index in [1.165, 1.54) is 31.4 Å². The Morgan fingerprint density at radius 1 is 1.14 bits per heavy atom. The van der Waals surface area contributed by atoms with E-state index < -0.39 is 36.6 Å². The second-order valence-electron chi connectivity index (χ2n) is 8.60. The van der Waals surface area contributed by atoms with Gasteiger partial charge < -0.3 is 14.4 Å². The van der Waals surface area contributed by atoms with Gasteiger partial charge in [-0.05, 0) is 48.2 Å². The maximum Gasteiger partial charge on any atom is 0.392 e. The lowest BCUT2D eigenvalue weighted by Gasteiger charge is -2.41. The minimum absolute atomic E-state index is 0.0899. The largest absolute Gasteiger partial charge is 0.497 e. The van der Waals surface area contributed by atoms with Gasteiger partial charge in [-0.2, -0.15) is 13.2 Å². The summed E-state index contributed by atoms with van der Waals surface area (Å²) in [5.41, 5.74) is 0.909. The van der Waals surface area contributed by atoms with E-state index in [0.29, 0.717) is 22.9 Å². The topological polar surface area (TPSA) is 55.8 Å². The molecular formula is C26H29ClF3NO4. The highest BCUT2D eigenvalue weighted by Crippen LogP contribution is 2.40. The van der Waals surface area contributed by atoms with Crippen molar-refractivity contribution in [2.24, 2.45) is 5.92 Å². The Kier molecular flexibility index (Phi) is 9.05. The first kappa shape index (κ1) is 26.9. The van der Waals surface area contributed by atoms with Crippen molar-refractivity contribution in [2.45, 2.75) is 57.3 Å². The van der Waals surface area contributed by atoms with Crippen LogP contribution in [0, 0.1) is 5.92 Å². The molecule has 3 rings (SSSR count). The molecule has 0 aliphatic carbocycles. The molecule has 2 aromatic carbocycles. The highest BCUT2D eigenvalue weighted by molar-refractivity contribution is 6.30. The second kappa shape index (κ2) is 11.8. The maximum absolute atomic E-state index is 13.4. The van der Waals surface area contributed by atoms with Gasteiger partial charge in [-0.1, -0.05) is 49.2 Å². The van der Waals surface area contributed by atoms with Gasteiger partial charge in [0.05, 0.1) is 25.5 Å². The quantitative estimate of drug-likeness (QED) is 0.353. The number of carbonyl (C=O) groups is 2. The van der Waals surface area contributed by atoms with E-state index in [1.807, 2.05) is 6.92 Å². The summed E-state index contributed by atoms with van der Waals surface area (Å²) in [6.07, 6.45) is -5.48. The highest BCUT2D eigenvalue weighted by Gasteiger charge is 2.43. The number of esters is 1. The average molecular weight is 512 g/mol. The van der Waals surface area contributed by atoms with Crippen molar-refractivity contribution in [3.05, 3.63) is 64.7 Å². The van der Waals surface area contributed by atoms with Gasteiger partial charge in [-0.15, -0.1) is 0 Å². The number of carbonyl (C=O) groups excluding carboxylic acids is 2. The molecule has 1 heterocycles. The number of amides is 1. The van der Waals surface area contributed by atoms with Crippen molar-refractivity contribution in [2.75, 3.05) is 13.7 Å². The van der Waals surface area contributed by atoms with Crippen LogP contribution >= 0.6 is 11.6 Å². The number of nitrogens with zero attached hydrogens (tertiary/aromatic N) is 1. The summed E-state index contributed by atoms with van der Waals surface area (Å²) in [5.74, 6) is -1.04. The predicted octanol–water partition coefficient (Wildman–Crippen LogP) is 6.67. The van der Waals surface area contributed by atoms with Crippen molar-refractivity contribution in [1.82, 2.24) is 4.90 Å². The molecule has 190 valence electrons. The number of benzene rings is 2. The minimum atomic E-state index is -4.55. The van der Waals surface area contributed by atoms with Crippen molar-refractivity contribution in [3.8, 4) is 5.75 Å². The summed E-state index contributed by atoms with van der Waals surface area (Å²) in [4.78, 5) is 27.9. The van der Waals surface area contributed by atoms with Crippen LogP contribution in [0.15, 0.2) is 48.5 Å². The smallest absolute Gasteiger partial charge is 0.392 e. The number of rotatable bonds is 9. The molecule has 0 bridgehead atoms. The van der Waals surface area contributed by atoms with Crippen molar-refractivity contribution in [1.29, 1.82) is 0 Å². The Morgan fingerprint density at radius 2 is 1.80 bits per heavy atom. The SMILES string of the molecule is CCCCN1C(=O)CCC(C(=O)OC(CC(F)(F)F)c2ccc(Cl)cc2)C1c1ccc(OC)cc1. The molecule has 0 N–H and O–H groups in total. The van der Waals surface area contributed by atoms with Crippen LogP contribution in [0.2, 0.25) is 5.02 Å². The van der Waals surface area contributed by atoms with Crippen LogP contribution < -0.4 is 4.74 Å². The molecule has 0 radical (unpaired) electrons. The lowest BCUT2D eigenvalue weighted by Crippen LogP contribution is -2.46. The third-order valence-electron chi connectivity index (χ3n) is 6.14. The Hall–Kier alpha value is -2.74. The van der Waals surface area contributed by atoms with Gasteiger partial charge in [-0.25, -0.2) is 0 Å². The number of halogens is 4. The lowest BCUT2D eigenvalue weighted by molar-refractivity contribution is -0.179. The van der Waals surface area contributed by atoms with E-state index >= 15 is 0 Å². The van der Waals surface area contributed by atoms with Gasteiger partial charge in [0.1, 0.15) is 11.9 Å². The Balaban J connectivity index is 1.93. The van der Waals surface area contributed by atoms with E-state index in [-0.39, 0.29) is 24.3 Å². The number of methoxy groups -OCH3 is 1. The van der Waals surface area contributed by atoms with Gasteiger partial charge >= 0.3 is 12.1 Å². The third kappa shape index (κ3) is 7.13. The van der Waals surface area contributed by atoms with E-state index in [1.54, 1.807) is 29.2 Å². The number of unbranched alkanes of at least 4 members (excludes halogenated alkanes) is 1. The molecule has 9 heteroatoms. The molecule has 1 aliphatic heterocycles. The molecule has 1 saturated heterocycles. The van der Waals surface area contributed by atoms with Crippen LogP contribution in [0.4, 0.5) is 13.2 Å². The zero-order valence-electron chi connectivity index (χ0n) is 19.7. The van der Waals surface area contributed by atoms with Crippen molar-refractivity contribution in [3.63, 3.8) is 0 Å². The minimum Gasteiger partial charge on any atom is -0.497 e. The van der Waals surface area contributed by atoms with Crippen LogP contribution in [0.5, 0.6) is 5.75 Å². The number of hydrogen-bond donors (Lipinski definition) is 0. The molecule has 0 saturated carbocycles. The van der Waals surface area contributed by atoms with E-state index in [4.69, 9.17) is 21.1 Å². The fraction of sp³-hybridized carbons (Fsp3) is 0.462. The van der Waals surface area contributed by atoms with E-state index in [0.717, 1.165) is 12.8 Å². The van der Waals surface area contributed by atoms with Crippen molar-refractivity contribution >= 4 is 23.5 Å². The third-order valence-corrected chi connectivity index (χ3v) is 6.39. The molecule has 2 aromatic rings. The van der Waals surface area contributed by atoms with Crippen LogP contribution in [0.1, 0.15) is 62.3 Å². The van der Waals surface area contributed by atoms with Crippen molar-refractivity contribution < 1.29 is 32.2 Å². The van der Waals surface area contributed by atoms with Gasteiger partial charge in [0, 0.05) is 18.0 Å². The zero-order valence-corrected chi connectivity index (χ0v) is 20.4. The van der Waals surface area contributed by atoms with Gasteiger partial charge in [0.2, 0.25) is 5.91 Å². The standard InChI is InChI=1S/C26H29ClF3NO4/c1-3-4-15-31-23(32)14-13-21(24(31)18-7-11-20(34-2)12-8-18)25(33)35-22(16-26(28,29)30)17-5-9-19(27)10-6-17/h5-12,21-22,24H,3-4,13-16H2,1-2H3. The Morgan fingerprint density at radius 3 is 2.37 bits per heavy atom. The van der Waals surface area contributed by atoms with Gasteiger partial charge in [0.15, 0.2) is 0 Å². The Labute approximate surface area is 208 Å². The summed E-state index contributed by atoms with van der Waals surface area (Å²) in [6.45, 7) is 2.44. The molecule has 1 fully saturated rings. The number of likely N-dealkylation sites (tertiary alicyclic amines) is 1. The average Bonchev–Trinajstić information content (AvgIpc) is 2.82. The number of ether oxygens (including phenoxy) is 2. The number of piperidine rings is 1. The van der Waals surface area contributed by atoms with Crippen LogP contribution in [0.3, 0.4) is 0 Å². The van der Waals surface area contributed by atoms with Crippen LogP contribution in [-0.2, 0) is 14.3 Å². The molecule has 5 nitrogen and oxygen atoms in total. The van der Waals surface area contributed by atoms with Crippen LogP contribution in [0.25, 0.3) is 0 Å². The predicted molar refractivity (Wildman–Crippen MR) is 126 cm³/mol. The molecule has 0 aromatic heterocycles. The molecule has 3 atom stereocenters. The molecule has 1 amide bonds. The monoisotopic (exact) mass is 511 g/mol. The molecule has 35 heavy (non-hydrogen) atoms. The molecular weight excluding hydrogens is 483 g/mol. The summed E-state index contributed by atoms with van der Waals surface area (Å²) >= 11 is 5.88. The first-order valence-electron chi connectivity index (χ1n) is 11.6. The van der Waals surface area contributed by atoms with Gasteiger partial charge in [-0.3, -0.25) is 9.59 Å². The second-order valence-corrected chi connectivity index (χ2v) is 9.04. The van der Waals surface area contributed by atoms with Gasteiger partial charge in [0.25, 0.3) is 0 Å². The number of alkyl halides is 3. The maximum atomic E-state index is 13.4. The summed E-state index contributed by atoms with van der Waals surface area (Å²) in [6, 6.07) is 12.1. The first-order valence-corrected chi connectivity index (χ1v) is 12.0. The van der Waals surface area contributed by atoms with E-state index in [2.05, 4.69) is 0 Å². The summed E-state index contributed by atoms with van der Waals surface area (Å²) < 4.78 is 50.8. The lowest BCUT2D eigenvalue weighted by atomic mass is 9.84. The first-order chi connectivity index (χ1) is 16.6. The van der Waals surface area contributed by atoms with Crippen LogP contribution in [-0.4, -0.2) is 36.6 Å². The molecule has 3 unspecified atom stereocenters. The molecule has 1 aliphatic rings. The molecule has 0 spiro atoms. The Bertz CT molecular complexity index is 995.